The molecule has 0 aliphatic carbocycles. The predicted molar refractivity (Wildman–Crippen MR) is 48.2 cm³/mol. The zero-order chi connectivity index (χ0) is 8.39. The van der Waals surface area contributed by atoms with Crippen molar-refractivity contribution in [2.24, 2.45) is 0 Å². The Hall–Kier alpha value is -1.16. The summed E-state index contributed by atoms with van der Waals surface area (Å²) >= 11 is 1.62. The molecule has 0 aromatic carbocycles. The molecule has 0 saturated carbocycles. The van der Waals surface area contributed by atoms with Gasteiger partial charge in [0.15, 0.2) is 0 Å². The van der Waals surface area contributed by atoms with Gasteiger partial charge in [-0.3, -0.25) is 4.68 Å². The molecule has 0 aliphatic heterocycles. The molecule has 0 amide bonds. The van der Waals surface area contributed by atoms with E-state index < -0.39 is 0 Å². The van der Waals surface area contributed by atoms with E-state index in [1.165, 1.54) is 5.69 Å². The number of aryl methyl sites for hydroxylation is 1. The fraction of sp³-hybridized carbons (Fsp3) is 0.250. The molecule has 0 spiro atoms. The maximum absolute atomic E-state index is 4.19. The van der Waals surface area contributed by atoms with Gasteiger partial charge in [0, 0.05) is 17.3 Å². The molecule has 2 rings (SSSR count). The highest BCUT2D eigenvalue weighted by Gasteiger charge is 1.99. The molecular formula is C8H9N3S. The second-order valence-electron chi connectivity index (χ2n) is 2.61. The Morgan fingerprint density at radius 1 is 1.58 bits per heavy atom. The third kappa shape index (κ3) is 1.38. The molecule has 0 unspecified atom stereocenters. The third-order valence-corrected chi connectivity index (χ3v) is 2.36. The summed E-state index contributed by atoms with van der Waals surface area (Å²) in [6, 6.07) is 1.99. The molecule has 0 saturated heterocycles. The van der Waals surface area contributed by atoms with Crippen LogP contribution < -0.4 is 0 Å². The first-order chi connectivity index (χ1) is 5.86. The summed E-state index contributed by atoms with van der Waals surface area (Å²) in [6.45, 7) is 2.82. The van der Waals surface area contributed by atoms with Crippen LogP contribution in [-0.2, 0) is 6.54 Å². The summed E-state index contributed by atoms with van der Waals surface area (Å²) in [5, 5.41) is 6.21. The first-order valence-electron chi connectivity index (χ1n) is 3.72. The van der Waals surface area contributed by atoms with Crippen molar-refractivity contribution in [1.29, 1.82) is 0 Å². The van der Waals surface area contributed by atoms with Crippen LogP contribution in [0.4, 0.5) is 0 Å². The lowest BCUT2D eigenvalue weighted by atomic mass is 10.4. The van der Waals surface area contributed by atoms with Crippen molar-refractivity contribution in [2.75, 3.05) is 0 Å². The van der Waals surface area contributed by atoms with E-state index in [9.17, 15) is 0 Å². The maximum Gasteiger partial charge on any atom is 0.0842 e. The standard InChI is InChI=1S/C8H9N3S/c1-7-2-3-10-11(7)4-8-5-12-6-9-8/h2-3,5-6H,4H2,1H3. The van der Waals surface area contributed by atoms with E-state index in [4.69, 9.17) is 0 Å². The first-order valence-corrected chi connectivity index (χ1v) is 4.66. The lowest BCUT2D eigenvalue weighted by Gasteiger charge is -1.99. The van der Waals surface area contributed by atoms with Crippen molar-refractivity contribution in [3.8, 4) is 0 Å². The number of nitrogens with zero attached hydrogens (tertiary/aromatic N) is 3. The normalized spacial score (nSPS) is 10.4. The van der Waals surface area contributed by atoms with Gasteiger partial charge in [-0.25, -0.2) is 4.98 Å². The van der Waals surface area contributed by atoms with Crippen molar-refractivity contribution in [1.82, 2.24) is 14.8 Å². The van der Waals surface area contributed by atoms with E-state index in [0.717, 1.165) is 12.2 Å². The second-order valence-corrected chi connectivity index (χ2v) is 3.33. The summed E-state index contributed by atoms with van der Waals surface area (Å²) in [5.41, 5.74) is 4.09. The van der Waals surface area contributed by atoms with Crippen LogP contribution in [0, 0.1) is 6.92 Å². The van der Waals surface area contributed by atoms with E-state index in [1.54, 1.807) is 11.3 Å². The Balaban J connectivity index is 2.20. The maximum atomic E-state index is 4.19. The van der Waals surface area contributed by atoms with E-state index in [1.807, 2.05) is 34.8 Å². The van der Waals surface area contributed by atoms with Gasteiger partial charge in [0.05, 0.1) is 17.7 Å². The van der Waals surface area contributed by atoms with Gasteiger partial charge in [-0.2, -0.15) is 5.10 Å². The third-order valence-electron chi connectivity index (χ3n) is 1.72. The minimum Gasteiger partial charge on any atom is -0.264 e. The molecule has 4 heteroatoms. The molecule has 2 heterocycles. The molecule has 0 radical (unpaired) electrons. The molecule has 3 nitrogen and oxygen atoms in total. The van der Waals surface area contributed by atoms with Crippen molar-refractivity contribution in [2.45, 2.75) is 13.5 Å². The van der Waals surface area contributed by atoms with Crippen molar-refractivity contribution >= 4 is 11.3 Å². The molecular weight excluding hydrogens is 170 g/mol. The Morgan fingerprint density at radius 2 is 2.50 bits per heavy atom. The molecule has 62 valence electrons. The van der Waals surface area contributed by atoms with Crippen molar-refractivity contribution < 1.29 is 0 Å². The summed E-state index contributed by atoms with van der Waals surface area (Å²) in [4.78, 5) is 4.19. The second kappa shape index (κ2) is 3.06. The monoisotopic (exact) mass is 179 g/mol. The smallest absolute Gasteiger partial charge is 0.0842 e. The van der Waals surface area contributed by atoms with E-state index >= 15 is 0 Å². The van der Waals surface area contributed by atoms with E-state index in [2.05, 4.69) is 10.1 Å². The van der Waals surface area contributed by atoms with Gasteiger partial charge in [-0.1, -0.05) is 0 Å². The van der Waals surface area contributed by atoms with E-state index in [0.29, 0.717) is 0 Å². The number of rotatable bonds is 2. The van der Waals surface area contributed by atoms with Crippen LogP contribution in [0.1, 0.15) is 11.4 Å². The highest BCUT2D eigenvalue weighted by Crippen LogP contribution is 2.04. The van der Waals surface area contributed by atoms with Gasteiger partial charge >= 0.3 is 0 Å². The molecule has 0 atom stereocenters. The number of thiazole rings is 1. The largest absolute Gasteiger partial charge is 0.264 e. The lowest BCUT2D eigenvalue weighted by molar-refractivity contribution is 0.655. The Morgan fingerprint density at radius 3 is 3.08 bits per heavy atom. The number of hydrogen-bond donors (Lipinski definition) is 0. The summed E-state index contributed by atoms with van der Waals surface area (Å²) in [7, 11) is 0. The van der Waals surface area contributed by atoms with Crippen LogP contribution in [0.5, 0.6) is 0 Å². The van der Waals surface area contributed by atoms with Crippen LogP contribution in [0.25, 0.3) is 0 Å². The fourth-order valence-electron chi connectivity index (χ4n) is 1.03. The van der Waals surface area contributed by atoms with Gasteiger partial charge in [0.1, 0.15) is 0 Å². The van der Waals surface area contributed by atoms with Crippen molar-refractivity contribution in [3.63, 3.8) is 0 Å². The minimum absolute atomic E-state index is 0.780. The van der Waals surface area contributed by atoms with Gasteiger partial charge < -0.3 is 0 Å². The average molecular weight is 179 g/mol. The van der Waals surface area contributed by atoms with Crippen LogP contribution in [0.2, 0.25) is 0 Å². The van der Waals surface area contributed by atoms with Crippen LogP contribution in [-0.4, -0.2) is 14.8 Å². The Labute approximate surface area is 74.7 Å². The molecule has 0 fully saturated rings. The molecule has 2 aromatic rings. The summed E-state index contributed by atoms with van der Waals surface area (Å²) in [6.07, 6.45) is 1.81. The SMILES string of the molecule is Cc1ccnn1Cc1cscn1. The molecule has 2 aromatic heterocycles. The minimum atomic E-state index is 0.780. The molecule has 0 aliphatic rings. The molecule has 0 bridgehead atoms. The molecule has 12 heavy (non-hydrogen) atoms. The van der Waals surface area contributed by atoms with Crippen LogP contribution in [0.3, 0.4) is 0 Å². The van der Waals surface area contributed by atoms with Crippen LogP contribution >= 0.6 is 11.3 Å². The average Bonchev–Trinajstić information content (AvgIpc) is 2.65. The quantitative estimate of drug-likeness (QED) is 0.702. The Bertz CT molecular complexity index is 350. The Kier molecular flexibility index (Phi) is 1.91. The summed E-state index contributed by atoms with van der Waals surface area (Å²) < 4.78 is 1.94. The zero-order valence-electron chi connectivity index (χ0n) is 6.77. The van der Waals surface area contributed by atoms with Crippen LogP contribution in [0.15, 0.2) is 23.2 Å². The van der Waals surface area contributed by atoms with Gasteiger partial charge in [0.25, 0.3) is 0 Å². The van der Waals surface area contributed by atoms with Gasteiger partial charge in [-0.15, -0.1) is 11.3 Å². The molecule has 0 N–H and O–H groups in total. The lowest BCUT2D eigenvalue weighted by Crippen LogP contribution is -2.03. The van der Waals surface area contributed by atoms with Gasteiger partial charge in [-0.05, 0) is 13.0 Å². The van der Waals surface area contributed by atoms with Crippen molar-refractivity contribution in [3.05, 3.63) is 34.5 Å². The van der Waals surface area contributed by atoms with Gasteiger partial charge in [0.2, 0.25) is 0 Å². The fourth-order valence-corrected chi connectivity index (χ4v) is 1.58. The van der Waals surface area contributed by atoms with E-state index in [-0.39, 0.29) is 0 Å². The highest BCUT2D eigenvalue weighted by molar-refractivity contribution is 7.07. The highest BCUT2D eigenvalue weighted by atomic mass is 32.1. The predicted octanol–water partition coefficient (Wildman–Crippen LogP) is 1.70. The topological polar surface area (TPSA) is 30.7 Å². The number of hydrogen-bond acceptors (Lipinski definition) is 3. The number of aromatic nitrogens is 3. The zero-order valence-corrected chi connectivity index (χ0v) is 7.58. The first kappa shape index (κ1) is 7.49. The summed E-state index contributed by atoms with van der Waals surface area (Å²) in [5.74, 6) is 0.